The quantitative estimate of drug-likeness (QED) is 0.0696. The van der Waals surface area contributed by atoms with Crippen LogP contribution < -0.4 is 20.7 Å². The van der Waals surface area contributed by atoms with Crippen LogP contribution in [0.3, 0.4) is 0 Å². The first-order chi connectivity index (χ1) is 29.3. The van der Waals surface area contributed by atoms with Crippen LogP contribution in [0.4, 0.5) is 26.3 Å². The summed E-state index contributed by atoms with van der Waals surface area (Å²) >= 11 is 6.25. The monoisotopic (exact) mass is 877 g/mol. The fourth-order valence-electron chi connectivity index (χ4n) is 5.71. The fraction of sp³-hybridized carbons (Fsp3) is 0.261. The van der Waals surface area contributed by atoms with Crippen LogP contribution in [-0.4, -0.2) is 40.4 Å². The number of carbonyl (C=O) groups excluding carboxylic acids is 1. The molecule has 1 aliphatic rings. The Hall–Kier alpha value is -6.35. The van der Waals surface area contributed by atoms with Gasteiger partial charge in [0.1, 0.15) is 17.2 Å². The molecule has 5 aromatic rings. The van der Waals surface area contributed by atoms with Crippen molar-refractivity contribution < 1.29 is 35.9 Å². The third-order valence-corrected chi connectivity index (χ3v) is 9.74. The van der Waals surface area contributed by atoms with E-state index in [2.05, 4.69) is 45.1 Å². The van der Waals surface area contributed by atoms with Crippen LogP contribution in [0, 0.1) is 12.3 Å². The first-order valence-electron chi connectivity index (χ1n) is 19.5. The average Bonchev–Trinajstić information content (AvgIpc) is 3.53. The van der Waals surface area contributed by atoms with E-state index in [1.807, 2.05) is 62.4 Å². The molecule has 0 radical (unpaired) electrons. The summed E-state index contributed by atoms with van der Waals surface area (Å²) in [7, 11) is 1.72. The zero-order valence-electron chi connectivity index (χ0n) is 34.6. The van der Waals surface area contributed by atoms with Gasteiger partial charge >= 0.3 is 12.4 Å². The summed E-state index contributed by atoms with van der Waals surface area (Å²) < 4.78 is 84.0. The molecule has 3 N–H and O–H groups in total. The lowest BCUT2D eigenvalue weighted by Crippen LogP contribution is -2.53. The number of nitrogens with one attached hydrogen (secondary N) is 3. The van der Waals surface area contributed by atoms with Crippen molar-refractivity contribution in [3.05, 3.63) is 159 Å². The second-order valence-electron chi connectivity index (χ2n) is 15.1. The zero-order valence-corrected chi connectivity index (χ0v) is 35.4. The SMILES string of the molecule is CC1(C)CNC(=NN=C(C=Cc2ccc(C(F)(F)F)cc2)C=Cc2ccc(C(F)(F)F)cc2)NC1.CCc1nn(C)c(C(=O)NCc2ccc(Oc3ccc(C)cc3)cc2)c1Cl. The van der Waals surface area contributed by atoms with Crippen molar-refractivity contribution in [2.24, 2.45) is 22.7 Å². The van der Waals surface area contributed by atoms with Gasteiger partial charge in [0.15, 0.2) is 0 Å². The van der Waals surface area contributed by atoms with E-state index in [0.717, 1.165) is 47.0 Å². The van der Waals surface area contributed by atoms with Gasteiger partial charge in [0.25, 0.3) is 5.91 Å². The number of ether oxygens (including phenoxy) is 1. The van der Waals surface area contributed by atoms with E-state index >= 15 is 0 Å². The Balaban J connectivity index is 0.000000242. The van der Waals surface area contributed by atoms with E-state index < -0.39 is 23.5 Å². The highest BCUT2D eigenvalue weighted by atomic mass is 35.5. The molecule has 0 atom stereocenters. The molecule has 1 fully saturated rings. The molecular formula is C46H46ClF6N7O2. The molecule has 326 valence electrons. The standard InChI is InChI=1S/C25H24F6N4.C21H22ClN3O2/c1-23(2)15-32-22(33-16-23)35-34-21(13-7-17-3-9-19(10-4-17)24(26,27)28)14-8-18-5-11-20(12-6-18)25(29,30)31;1-4-18-19(22)20(25(3)24-18)21(26)23-13-15-7-11-17(12-8-15)27-16-9-5-14(2)6-10-16/h3-14H,15-16H2,1-2H3,(H2,32,33,35);5-12H,4,13H2,1-3H3,(H,23,26). The Morgan fingerprint density at radius 1 is 0.823 bits per heavy atom. The number of aromatic nitrogens is 2. The molecule has 4 aromatic carbocycles. The van der Waals surface area contributed by atoms with Crippen LogP contribution in [0.25, 0.3) is 12.2 Å². The number of carbonyl (C=O) groups is 1. The maximum Gasteiger partial charge on any atom is 0.416 e. The third-order valence-electron chi connectivity index (χ3n) is 9.34. The topological polar surface area (TPSA) is 105 Å². The van der Waals surface area contributed by atoms with Crippen molar-refractivity contribution in [3.63, 3.8) is 0 Å². The maximum atomic E-state index is 12.8. The van der Waals surface area contributed by atoms with Gasteiger partial charge in [-0.2, -0.15) is 31.4 Å². The Morgan fingerprint density at radius 2 is 1.31 bits per heavy atom. The molecule has 0 spiro atoms. The van der Waals surface area contributed by atoms with Gasteiger partial charge in [0, 0.05) is 26.7 Å². The van der Waals surface area contributed by atoms with Crippen molar-refractivity contribution in [2.75, 3.05) is 13.1 Å². The van der Waals surface area contributed by atoms with Crippen molar-refractivity contribution in [3.8, 4) is 11.5 Å². The van der Waals surface area contributed by atoms with Crippen molar-refractivity contribution in [1.29, 1.82) is 0 Å². The Bertz CT molecular complexity index is 2320. The Labute approximate surface area is 361 Å². The number of amides is 1. The molecule has 1 aliphatic heterocycles. The molecule has 2 heterocycles. The van der Waals surface area contributed by atoms with Gasteiger partial charge in [-0.05, 0) is 96.1 Å². The fourth-order valence-corrected chi connectivity index (χ4v) is 6.09. The number of hydrogen-bond acceptors (Lipinski definition) is 5. The highest BCUT2D eigenvalue weighted by Crippen LogP contribution is 2.30. The van der Waals surface area contributed by atoms with Crippen LogP contribution in [0.1, 0.15) is 70.3 Å². The lowest BCUT2D eigenvalue weighted by molar-refractivity contribution is -0.138. The molecule has 1 saturated heterocycles. The highest BCUT2D eigenvalue weighted by Gasteiger charge is 2.30. The first kappa shape index (κ1) is 46.7. The first-order valence-corrected chi connectivity index (χ1v) is 19.8. The molecule has 9 nitrogen and oxygen atoms in total. The van der Waals surface area contributed by atoms with E-state index in [-0.39, 0.29) is 11.3 Å². The number of guanidine groups is 1. The van der Waals surface area contributed by atoms with Gasteiger partial charge in [-0.1, -0.05) is 98.6 Å². The molecule has 0 saturated carbocycles. The summed E-state index contributed by atoms with van der Waals surface area (Å²) in [5.41, 5.74) is 3.15. The lowest BCUT2D eigenvalue weighted by Gasteiger charge is -2.31. The largest absolute Gasteiger partial charge is 0.457 e. The number of alkyl halides is 6. The Morgan fingerprint density at radius 3 is 1.76 bits per heavy atom. The average molecular weight is 878 g/mol. The minimum atomic E-state index is -4.43. The summed E-state index contributed by atoms with van der Waals surface area (Å²) in [5, 5.41) is 22.2. The molecule has 0 unspecified atom stereocenters. The minimum Gasteiger partial charge on any atom is -0.457 e. The molecule has 62 heavy (non-hydrogen) atoms. The number of halogens is 7. The number of benzene rings is 4. The summed E-state index contributed by atoms with van der Waals surface area (Å²) in [6.45, 7) is 9.92. The van der Waals surface area contributed by atoms with Crippen LogP contribution in [0.5, 0.6) is 11.5 Å². The summed E-state index contributed by atoms with van der Waals surface area (Å²) in [4.78, 5) is 12.4. The van der Waals surface area contributed by atoms with E-state index in [4.69, 9.17) is 16.3 Å². The van der Waals surface area contributed by atoms with E-state index in [0.29, 0.717) is 59.6 Å². The Kier molecular flexibility index (Phi) is 15.4. The van der Waals surface area contributed by atoms with Crippen molar-refractivity contribution in [2.45, 2.75) is 53.0 Å². The van der Waals surface area contributed by atoms with Crippen LogP contribution in [0.2, 0.25) is 5.02 Å². The number of nitrogens with zero attached hydrogens (tertiary/aromatic N) is 4. The normalized spacial score (nSPS) is 13.8. The lowest BCUT2D eigenvalue weighted by atomic mass is 9.92. The van der Waals surface area contributed by atoms with Gasteiger partial charge in [-0.3, -0.25) is 9.48 Å². The molecule has 0 bridgehead atoms. The van der Waals surface area contributed by atoms with Gasteiger partial charge in [-0.25, -0.2) is 0 Å². The summed E-state index contributed by atoms with van der Waals surface area (Å²) in [6.07, 6.45) is -1.92. The van der Waals surface area contributed by atoms with E-state index in [1.165, 1.54) is 34.5 Å². The minimum absolute atomic E-state index is 0.0382. The second kappa shape index (κ2) is 20.5. The summed E-state index contributed by atoms with van der Waals surface area (Å²) in [5.74, 6) is 1.76. The maximum absolute atomic E-state index is 12.8. The highest BCUT2D eigenvalue weighted by molar-refractivity contribution is 6.34. The number of rotatable bonds is 11. The van der Waals surface area contributed by atoms with E-state index in [9.17, 15) is 31.1 Å². The van der Waals surface area contributed by atoms with Crippen LogP contribution in [0.15, 0.2) is 119 Å². The zero-order chi connectivity index (χ0) is 45.1. The number of hydrogen-bond donors (Lipinski definition) is 3. The molecule has 0 aliphatic carbocycles. The predicted molar refractivity (Wildman–Crippen MR) is 232 cm³/mol. The molecule has 16 heteroatoms. The van der Waals surface area contributed by atoms with Gasteiger partial charge in [0.2, 0.25) is 5.96 Å². The molecule has 1 aromatic heterocycles. The number of allylic oxidation sites excluding steroid dienone is 2. The summed E-state index contributed by atoms with van der Waals surface area (Å²) in [6, 6.07) is 24.7. The van der Waals surface area contributed by atoms with Gasteiger partial charge in [-0.15, -0.1) is 10.2 Å². The predicted octanol–water partition coefficient (Wildman–Crippen LogP) is 11.0. The number of aryl methyl sites for hydroxylation is 3. The second-order valence-corrected chi connectivity index (χ2v) is 15.5. The molecule has 6 rings (SSSR count). The van der Waals surface area contributed by atoms with Crippen LogP contribution in [-0.2, 0) is 32.4 Å². The van der Waals surface area contributed by atoms with Gasteiger partial charge in [0.05, 0.1) is 27.6 Å². The van der Waals surface area contributed by atoms with Crippen molar-refractivity contribution in [1.82, 2.24) is 25.7 Å². The molecule has 1 amide bonds. The third kappa shape index (κ3) is 13.8. The van der Waals surface area contributed by atoms with Gasteiger partial charge < -0.3 is 20.7 Å². The molecular weight excluding hydrogens is 832 g/mol. The van der Waals surface area contributed by atoms with E-state index in [1.54, 1.807) is 31.4 Å². The van der Waals surface area contributed by atoms with Crippen LogP contribution >= 0.6 is 11.6 Å². The smallest absolute Gasteiger partial charge is 0.416 e. The van der Waals surface area contributed by atoms with Crippen molar-refractivity contribution >= 4 is 41.3 Å².